The van der Waals surface area contributed by atoms with E-state index in [0.717, 1.165) is 40.8 Å². The molecule has 1 aliphatic rings. The van der Waals surface area contributed by atoms with Gasteiger partial charge in [-0.1, -0.05) is 42.8 Å². The van der Waals surface area contributed by atoms with Gasteiger partial charge in [-0.25, -0.2) is 4.79 Å². The van der Waals surface area contributed by atoms with E-state index < -0.39 is 0 Å². The predicted octanol–water partition coefficient (Wildman–Crippen LogP) is 4.97. The van der Waals surface area contributed by atoms with Crippen LogP contribution in [0.4, 0.5) is 10.5 Å². The highest BCUT2D eigenvalue weighted by Gasteiger charge is 2.30. The lowest BCUT2D eigenvalue weighted by Crippen LogP contribution is -2.47. The zero-order chi connectivity index (χ0) is 22.6. The molecule has 7 heteroatoms. The number of pyridine rings is 1. The summed E-state index contributed by atoms with van der Waals surface area (Å²) in [7, 11) is 2.14. The van der Waals surface area contributed by atoms with Crippen molar-refractivity contribution in [3.63, 3.8) is 0 Å². The summed E-state index contributed by atoms with van der Waals surface area (Å²) in [6, 6.07) is 21.7. The number of hydrogen-bond donors (Lipinski definition) is 3. The molecule has 1 aliphatic heterocycles. The zero-order valence-corrected chi connectivity index (χ0v) is 18.7. The fourth-order valence-electron chi connectivity index (χ4n) is 4.68. The van der Waals surface area contributed by atoms with Crippen LogP contribution in [0.2, 0.25) is 0 Å². The third-order valence-electron chi connectivity index (χ3n) is 6.39. The number of carbonyl (C=O) groups excluding carboxylic acids is 1. The lowest BCUT2D eigenvalue weighted by atomic mass is 9.91. The third kappa shape index (κ3) is 4.59. The monoisotopic (exact) mass is 440 g/mol. The molecular formula is C26H28N6O. The molecule has 2 amide bonds. The SMILES string of the molecule is CN1CCCC[C@H]1C(NC(=O)Nc1ccc2[nH]nc(-c3ccccn3)c2c1)c1ccccc1. The Morgan fingerprint density at radius 2 is 1.94 bits per heavy atom. The number of anilines is 1. The molecule has 2 aromatic carbocycles. The first-order valence-electron chi connectivity index (χ1n) is 11.4. The predicted molar refractivity (Wildman–Crippen MR) is 131 cm³/mol. The number of nitrogens with zero attached hydrogens (tertiary/aromatic N) is 3. The van der Waals surface area contributed by atoms with Crippen LogP contribution in [0.15, 0.2) is 72.9 Å². The Morgan fingerprint density at radius 1 is 1.09 bits per heavy atom. The number of likely N-dealkylation sites (N-methyl/N-ethyl adjacent to an activating group) is 1. The molecule has 5 rings (SSSR count). The number of hydrogen-bond acceptors (Lipinski definition) is 4. The molecule has 0 spiro atoms. The lowest BCUT2D eigenvalue weighted by Gasteiger charge is -2.38. The van der Waals surface area contributed by atoms with Gasteiger partial charge in [0.2, 0.25) is 0 Å². The number of piperidine rings is 1. The second kappa shape index (κ2) is 9.42. The summed E-state index contributed by atoms with van der Waals surface area (Å²) in [5, 5.41) is 14.7. The van der Waals surface area contributed by atoms with Crippen LogP contribution in [0, 0.1) is 0 Å². The maximum atomic E-state index is 13.1. The molecule has 1 fully saturated rings. The van der Waals surface area contributed by atoms with E-state index in [4.69, 9.17) is 0 Å². The van der Waals surface area contributed by atoms with Gasteiger partial charge in [0.05, 0.1) is 17.3 Å². The van der Waals surface area contributed by atoms with E-state index in [1.54, 1.807) is 6.20 Å². The first-order chi connectivity index (χ1) is 16.2. The molecule has 33 heavy (non-hydrogen) atoms. The van der Waals surface area contributed by atoms with Crippen LogP contribution in [0.3, 0.4) is 0 Å². The molecule has 0 radical (unpaired) electrons. The summed E-state index contributed by atoms with van der Waals surface area (Å²) >= 11 is 0. The molecular weight excluding hydrogens is 412 g/mol. The van der Waals surface area contributed by atoms with Gasteiger partial charge in [0, 0.05) is 23.3 Å². The minimum atomic E-state index is -0.218. The van der Waals surface area contributed by atoms with Gasteiger partial charge in [0.15, 0.2) is 0 Å². The number of carbonyl (C=O) groups is 1. The second-order valence-corrected chi connectivity index (χ2v) is 8.58. The molecule has 4 aromatic rings. The fraction of sp³-hybridized carbons (Fsp3) is 0.269. The summed E-state index contributed by atoms with van der Waals surface area (Å²) in [6.07, 6.45) is 5.18. The van der Waals surface area contributed by atoms with Crippen molar-refractivity contribution < 1.29 is 4.79 Å². The molecule has 3 heterocycles. The van der Waals surface area contributed by atoms with E-state index in [-0.39, 0.29) is 18.1 Å². The normalized spacial score (nSPS) is 17.5. The number of amides is 2. The standard InChI is InChI=1S/C26H28N6O/c1-32-16-8-6-12-23(32)24(18-9-3-2-4-10-18)29-26(33)28-19-13-14-21-20(17-19)25(31-30-21)22-11-5-7-15-27-22/h2-5,7,9-11,13-15,17,23-24H,6,8,12,16H2,1H3,(H,30,31)(H2,28,29,33)/t23-,24?/m0/s1. The topological polar surface area (TPSA) is 85.9 Å². The Bertz CT molecular complexity index is 1220. The van der Waals surface area contributed by atoms with Crippen LogP contribution in [0.5, 0.6) is 0 Å². The number of H-pyrrole nitrogens is 1. The summed E-state index contributed by atoms with van der Waals surface area (Å²) < 4.78 is 0. The van der Waals surface area contributed by atoms with E-state index in [1.807, 2.05) is 54.6 Å². The number of urea groups is 1. The van der Waals surface area contributed by atoms with Gasteiger partial charge in [-0.05, 0) is 62.3 Å². The summed E-state index contributed by atoms with van der Waals surface area (Å²) in [6.45, 7) is 1.05. The highest BCUT2D eigenvalue weighted by Crippen LogP contribution is 2.29. The van der Waals surface area contributed by atoms with Crippen LogP contribution in [0.25, 0.3) is 22.3 Å². The molecule has 1 saturated heterocycles. The van der Waals surface area contributed by atoms with Crippen LogP contribution in [-0.4, -0.2) is 45.7 Å². The molecule has 0 aliphatic carbocycles. The van der Waals surface area contributed by atoms with Crippen molar-refractivity contribution in [3.05, 3.63) is 78.5 Å². The van der Waals surface area contributed by atoms with Gasteiger partial charge in [-0.3, -0.25) is 10.1 Å². The Hall–Kier alpha value is -3.71. The van der Waals surface area contributed by atoms with E-state index in [0.29, 0.717) is 5.69 Å². The van der Waals surface area contributed by atoms with Crippen molar-refractivity contribution in [2.75, 3.05) is 18.9 Å². The first kappa shape index (κ1) is 21.2. The lowest BCUT2D eigenvalue weighted by molar-refractivity contribution is 0.147. The van der Waals surface area contributed by atoms with E-state index in [2.05, 4.69) is 49.9 Å². The maximum Gasteiger partial charge on any atom is 0.319 e. The minimum Gasteiger partial charge on any atom is -0.329 e. The molecule has 2 atom stereocenters. The second-order valence-electron chi connectivity index (χ2n) is 8.58. The van der Waals surface area contributed by atoms with Crippen molar-refractivity contribution in [1.82, 2.24) is 25.4 Å². The number of benzene rings is 2. The Labute approximate surface area is 193 Å². The summed E-state index contributed by atoms with van der Waals surface area (Å²) in [5.74, 6) is 0. The number of aromatic amines is 1. The van der Waals surface area contributed by atoms with Crippen LogP contribution < -0.4 is 10.6 Å². The van der Waals surface area contributed by atoms with Crippen molar-refractivity contribution in [1.29, 1.82) is 0 Å². The van der Waals surface area contributed by atoms with E-state index >= 15 is 0 Å². The van der Waals surface area contributed by atoms with Gasteiger partial charge in [-0.2, -0.15) is 5.10 Å². The molecule has 0 saturated carbocycles. The Kier molecular flexibility index (Phi) is 6.04. The van der Waals surface area contributed by atoms with Crippen LogP contribution >= 0.6 is 0 Å². The third-order valence-corrected chi connectivity index (χ3v) is 6.39. The zero-order valence-electron chi connectivity index (χ0n) is 18.7. The number of fused-ring (bicyclic) bond motifs is 1. The molecule has 7 nitrogen and oxygen atoms in total. The average Bonchev–Trinajstić information content (AvgIpc) is 3.27. The quantitative estimate of drug-likeness (QED) is 0.409. The molecule has 2 aromatic heterocycles. The van der Waals surface area contributed by atoms with E-state index in [9.17, 15) is 4.79 Å². The summed E-state index contributed by atoms with van der Waals surface area (Å²) in [4.78, 5) is 19.9. The van der Waals surface area contributed by atoms with E-state index in [1.165, 1.54) is 12.8 Å². The molecule has 0 bridgehead atoms. The molecule has 3 N–H and O–H groups in total. The van der Waals surface area contributed by atoms with Crippen LogP contribution in [-0.2, 0) is 0 Å². The van der Waals surface area contributed by atoms with Crippen LogP contribution in [0.1, 0.15) is 30.9 Å². The van der Waals surface area contributed by atoms with Gasteiger partial charge in [0.1, 0.15) is 5.69 Å². The smallest absolute Gasteiger partial charge is 0.319 e. The highest BCUT2D eigenvalue weighted by atomic mass is 16.2. The fourth-order valence-corrected chi connectivity index (χ4v) is 4.68. The number of rotatable bonds is 5. The minimum absolute atomic E-state index is 0.0850. The van der Waals surface area contributed by atoms with Gasteiger partial charge in [-0.15, -0.1) is 0 Å². The van der Waals surface area contributed by atoms with Gasteiger partial charge >= 0.3 is 6.03 Å². The Balaban J connectivity index is 1.38. The average molecular weight is 441 g/mol. The maximum absolute atomic E-state index is 13.1. The van der Waals surface area contributed by atoms with Crippen molar-refractivity contribution in [2.45, 2.75) is 31.3 Å². The Morgan fingerprint density at radius 3 is 2.73 bits per heavy atom. The van der Waals surface area contributed by atoms with Crippen molar-refractivity contribution in [3.8, 4) is 11.4 Å². The van der Waals surface area contributed by atoms with Gasteiger partial charge in [0.25, 0.3) is 0 Å². The van der Waals surface area contributed by atoms with Crippen molar-refractivity contribution in [2.24, 2.45) is 0 Å². The first-order valence-corrected chi connectivity index (χ1v) is 11.4. The molecule has 1 unspecified atom stereocenters. The number of nitrogens with one attached hydrogen (secondary N) is 3. The molecule has 168 valence electrons. The number of aromatic nitrogens is 3. The largest absolute Gasteiger partial charge is 0.329 e. The summed E-state index contributed by atoms with van der Waals surface area (Å²) in [5.41, 5.74) is 4.28. The van der Waals surface area contributed by atoms with Gasteiger partial charge < -0.3 is 15.5 Å². The number of likely N-dealkylation sites (tertiary alicyclic amines) is 1. The highest BCUT2D eigenvalue weighted by molar-refractivity contribution is 5.97. The van der Waals surface area contributed by atoms with Crippen molar-refractivity contribution >= 4 is 22.6 Å².